The van der Waals surface area contributed by atoms with Crippen molar-refractivity contribution in [3.8, 4) is 0 Å². The van der Waals surface area contributed by atoms with Crippen LogP contribution >= 0.6 is 23.2 Å². The van der Waals surface area contributed by atoms with Gasteiger partial charge >= 0.3 is 0 Å². The van der Waals surface area contributed by atoms with Gasteiger partial charge in [-0.05, 0) is 31.2 Å². The number of para-hydroxylation sites is 1. The van der Waals surface area contributed by atoms with Crippen molar-refractivity contribution >= 4 is 45.9 Å². The summed E-state index contributed by atoms with van der Waals surface area (Å²) in [5, 5.41) is 1.33. The number of benzene rings is 2. The van der Waals surface area contributed by atoms with Gasteiger partial charge in [0.1, 0.15) is 0 Å². The van der Waals surface area contributed by atoms with Gasteiger partial charge in [-0.3, -0.25) is 14.2 Å². The third-order valence-corrected chi connectivity index (χ3v) is 4.27. The number of aromatic nitrogens is 1. The molecule has 0 spiro atoms. The fourth-order valence-electron chi connectivity index (χ4n) is 2.72. The van der Waals surface area contributed by atoms with E-state index in [0.717, 1.165) is 0 Å². The first-order chi connectivity index (χ1) is 10.9. The maximum atomic E-state index is 12.9. The highest BCUT2D eigenvalue weighted by Crippen LogP contribution is 2.28. The van der Waals surface area contributed by atoms with Crippen molar-refractivity contribution in [2.24, 2.45) is 5.73 Å². The van der Waals surface area contributed by atoms with Crippen molar-refractivity contribution in [2.75, 3.05) is 0 Å². The van der Waals surface area contributed by atoms with Crippen LogP contribution in [0.3, 0.4) is 0 Å². The van der Waals surface area contributed by atoms with E-state index in [4.69, 9.17) is 28.9 Å². The van der Waals surface area contributed by atoms with Gasteiger partial charge in [0.15, 0.2) is 0 Å². The number of hydrogen-bond acceptors (Lipinski definition) is 2. The molecule has 6 heteroatoms. The highest BCUT2D eigenvalue weighted by atomic mass is 35.5. The summed E-state index contributed by atoms with van der Waals surface area (Å²) in [6, 6.07) is 11.8. The molecule has 0 aliphatic rings. The summed E-state index contributed by atoms with van der Waals surface area (Å²) in [7, 11) is 0. The Morgan fingerprint density at radius 3 is 2.43 bits per heavy atom. The average molecular weight is 347 g/mol. The Labute approximate surface area is 142 Å². The van der Waals surface area contributed by atoms with Gasteiger partial charge in [-0.2, -0.15) is 0 Å². The molecule has 0 atom stereocenters. The van der Waals surface area contributed by atoms with E-state index >= 15 is 0 Å². The first-order valence-corrected chi connectivity index (χ1v) is 7.57. The van der Waals surface area contributed by atoms with Gasteiger partial charge in [0, 0.05) is 16.1 Å². The van der Waals surface area contributed by atoms with Crippen molar-refractivity contribution in [1.82, 2.24) is 4.57 Å². The minimum atomic E-state index is -0.576. The van der Waals surface area contributed by atoms with E-state index in [9.17, 15) is 9.59 Å². The smallest absolute Gasteiger partial charge is 0.264 e. The second-order valence-electron chi connectivity index (χ2n) is 5.11. The Hall–Kier alpha value is -2.30. The zero-order valence-corrected chi connectivity index (χ0v) is 13.7. The number of carbonyl (C=O) groups excluding carboxylic acids is 2. The van der Waals surface area contributed by atoms with E-state index in [1.54, 1.807) is 43.3 Å². The van der Waals surface area contributed by atoms with Crippen molar-refractivity contribution in [3.63, 3.8) is 0 Å². The van der Waals surface area contributed by atoms with Gasteiger partial charge in [-0.25, -0.2) is 0 Å². The number of nitrogens with two attached hydrogens (primary N) is 1. The average Bonchev–Trinajstić information content (AvgIpc) is 2.78. The van der Waals surface area contributed by atoms with E-state index in [1.807, 2.05) is 0 Å². The lowest BCUT2D eigenvalue weighted by Gasteiger charge is -2.09. The number of rotatable bonds is 2. The summed E-state index contributed by atoms with van der Waals surface area (Å²) in [5.41, 5.74) is 7.20. The summed E-state index contributed by atoms with van der Waals surface area (Å²) >= 11 is 12.0. The number of carbonyl (C=O) groups is 2. The molecule has 0 fully saturated rings. The summed E-state index contributed by atoms with van der Waals surface area (Å²) in [4.78, 5) is 24.7. The lowest BCUT2D eigenvalue weighted by Crippen LogP contribution is -2.17. The number of hydrogen-bond donors (Lipinski definition) is 1. The van der Waals surface area contributed by atoms with E-state index < -0.39 is 5.91 Å². The van der Waals surface area contributed by atoms with Crippen LogP contribution in [0.4, 0.5) is 0 Å². The summed E-state index contributed by atoms with van der Waals surface area (Å²) in [5.74, 6) is -0.916. The summed E-state index contributed by atoms with van der Waals surface area (Å²) in [6.07, 6.45) is 0. The fourth-order valence-corrected chi connectivity index (χ4v) is 3.21. The molecule has 1 heterocycles. The van der Waals surface area contributed by atoms with Crippen LogP contribution in [-0.4, -0.2) is 16.4 Å². The lowest BCUT2D eigenvalue weighted by molar-refractivity contribution is 0.0963. The number of halogens is 2. The van der Waals surface area contributed by atoms with Gasteiger partial charge in [-0.1, -0.05) is 41.4 Å². The highest BCUT2D eigenvalue weighted by Gasteiger charge is 2.23. The Morgan fingerprint density at radius 2 is 1.78 bits per heavy atom. The van der Waals surface area contributed by atoms with Gasteiger partial charge < -0.3 is 5.73 Å². The Balaban J connectivity index is 2.30. The predicted octanol–water partition coefficient (Wildman–Crippen LogP) is 4.04. The SMILES string of the molecule is Cc1c(C(N)=O)c2ccccc2n1C(=O)c1ccc(Cl)cc1Cl. The second kappa shape index (κ2) is 5.72. The highest BCUT2D eigenvalue weighted by molar-refractivity contribution is 6.37. The van der Waals surface area contributed by atoms with Crippen molar-refractivity contribution in [2.45, 2.75) is 6.92 Å². The molecule has 0 radical (unpaired) electrons. The largest absolute Gasteiger partial charge is 0.366 e. The molecule has 2 N–H and O–H groups in total. The minimum Gasteiger partial charge on any atom is -0.366 e. The van der Waals surface area contributed by atoms with Crippen molar-refractivity contribution in [1.29, 1.82) is 0 Å². The van der Waals surface area contributed by atoms with Gasteiger partial charge in [-0.15, -0.1) is 0 Å². The van der Waals surface area contributed by atoms with Crippen LogP contribution in [0.25, 0.3) is 10.9 Å². The molecule has 0 unspecified atom stereocenters. The third kappa shape index (κ3) is 2.50. The van der Waals surface area contributed by atoms with E-state index in [0.29, 0.717) is 32.7 Å². The lowest BCUT2D eigenvalue weighted by atomic mass is 10.1. The molecule has 3 rings (SSSR count). The molecule has 1 amide bonds. The Bertz CT molecular complexity index is 961. The van der Waals surface area contributed by atoms with Gasteiger partial charge in [0.2, 0.25) is 0 Å². The quantitative estimate of drug-likeness (QED) is 0.760. The number of primary amides is 1. The van der Waals surface area contributed by atoms with E-state index in [-0.39, 0.29) is 10.9 Å². The molecule has 1 aromatic heterocycles. The molecule has 0 saturated carbocycles. The molecular weight excluding hydrogens is 335 g/mol. The standard InChI is InChI=1S/C17H12Cl2N2O2/c1-9-15(16(20)22)12-4-2-3-5-14(12)21(9)17(23)11-7-6-10(18)8-13(11)19/h2-8H,1H3,(H2,20,22). The molecule has 0 aliphatic carbocycles. The molecule has 0 bridgehead atoms. The Morgan fingerprint density at radius 1 is 1.09 bits per heavy atom. The van der Waals surface area contributed by atoms with Crippen LogP contribution in [0.1, 0.15) is 26.4 Å². The van der Waals surface area contributed by atoms with Crippen LogP contribution in [0.15, 0.2) is 42.5 Å². The molecule has 23 heavy (non-hydrogen) atoms. The van der Waals surface area contributed by atoms with Crippen LogP contribution in [0.5, 0.6) is 0 Å². The molecule has 0 saturated heterocycles. The second-order valence-corrected chi connectivity index (χ2v) is 5.95. The van der Waals surface area contributed by atoms with Crippen molar-refractivity contribution < 1.29 is 9.59 Å². The summed E-state index contributed by atoms with van der Waals surface area (Å²) in [6.45, 7) is 1.68. The summed E-state index contributed by atoms with van der Waals surface area (Å²) < 4.78 is 1.45. The van der Waals surface area contributed by atoms with Crippen LogP contribution in [-0.2, 0) is 0 Å². The van der Waals surface area contributed by atoms with Crippen molar-refractivity contribution in [3.05, 3.63) is 69.3 Å². The monoisotopic (exact) mass is 346 g/mol. The normalized spacial score (nSPS) is 10.9. The molecule has 3 aromatic rings. The topological polar surface area (TPSA) is 65.1 Å². The minimum absolute atomic E-state index is 0.250. The maximum Gasteiger partial charge on any atom is 0.264 e. The van der Waals surface area contributed by atoms with Gasteiger partial charge in [0.25, 0.3) is 11.8 Å². The van der Waals surface area contributed by atoms with Crippen LogP contribution in [0.2, 0.25) is 10.0 Å². The fraction of sp³-hybridized carbons (Fsp3) is 0.0588. The first-order valence-electron chi connectivity index (χ1n) is 6.81. The zero-order valence-electron chi connectivity index (χ0n) is 12.1. The predicted molar refractivity (Wildman–Crippen MR) is 91.4 cm³/mol. The zero-order chi connectivity index (χ0) is 16.7. The number of fused-ring (bicyclic) bond motifs is 1. The van der Waals surface area contributed by atoms with Crippen LogP contribution in [0, 0.1) is 6.92 Å². The maximum absolute atomic E-state index is 12.9. The number of nitrogens with zero attached hydrogens (tertiary/aromatic N) is 1. The molecule has 4 nitrogen and oxygen atoms in total. The first kappa shape index (κ1) is 15.6. The molecule has 0 aliphatic heterocycles. The molecular formula is C17H12Cl2N2O2. The molecule has 116 valence electrons. The van der Waals surface area contributed by atoms with Gasteiger partial charge in [0.05, 0.1) is 21.7 Å². The van der Waals surface area contributed by atoms with E-state index in [2.05, 4.69) is 0 Å². The number of amides is 1. The Kier molecular flexibility index (Phi) is 3.88. The van der Waals surface area contributed by atoms with E-state index in [1.165, 1.54) is 10.6 Å². The van der Waals surface area contributed by atoms with Crippen LogP contribution < -0.4 is 5.73 Å². The third-order valence-electron chi connectivity index (χ3n) is 3.72. The molecule has 2 aromatic carbocycles.